The van der Waals surface area contributed by atoms with Crippen molar-refractivity contribution in [2.45, 2.75) is 18.5 Å². The number of hydrogen-bond acceptors (Lipinski definition) is 1. The largest absolute Gasteiger partial charge is 0.309 e. The SMILES string of the molecule is O=C1C([P+](c2ccccc2)(c2ccccc2)c2ccccc2)CCCN1c1ccccc1. The van der Waals surface area contributed by atoms with E-state index in [1.807, 2.05) is 35.2 Å². The summed E-state index contributed by atoms with van der Waals surface area (Å²) >= 11 is 0. The third-order valence-electron chi connectivity index (χ3n) is 6.44. The van der Waals surface area contributed by atoms with Crippen molar-refractivity contribution in [3.63, 3.8) is 0 Å². The fraction of sp³-hybridized carbons (Fsp3) is 0.138. The molecule has 2 nitrogen and oxygen atoms in total. The Balaban J connectivity index is 1.75. The lowest BCUT2D eigenvalue weighted by Crippen LogP contribution is -2.51. The fourth-order valence-electron chi connectivity index (χ4n) is 5.06. The Morgan fingerprint density at radius 2 is 1.00 bits per heavy atom. The summed E-state index contributed by atoms with van der Waals surface area (Å²) in [5, 5.41) is 3.81. The number of rotatable bonds is 5. The highest BCUT2D eigenvalue weighted by Crippen LogP contribution is 2.62. The molecule has 1 heterocycles. The standard InChI is InChI=1S/C29H27NOP/c31-29-28(22-13-23-30(29)24-14-5-1-6-15-24)32(25-16-7-2-8-17-25,26-18-9-3-10-19-26)27-20-11-4-12-21-27/h1-12,14-21,28H,13,22-23H2/q+1. The summed E-state index contributed by atoms with van der Waals surface area (Å²) in [5.74, 6) is 0.243. The zero-order valence-corrected chi connectivity index (χ0v) is 18.9. The Labute approximate surface area is 190 Å². The van der Waals surface area contributed by atoms with E-state index in [-0.39, 0.29) is 11.6 Å². The van der Waals surface area contributed by atoms with E-state index < -0.39 is 7.26 Å². The molecule has 32 heavy (non-hydrogen) atoms. The van der Waals surface area contributed by atoms with Gasteiger partial charge < -0.3 is 4.90 Å². The van der Waals surface area contributed by atoms with Crippen LogP contribution in [0.3, 0.4) is 0 Å². The van der Waals surface area contributed by atoms with Crippen molar-refractivity contribution < 1.29 is 4.79 Å². The van der Waals surface area contributed by atoms with Crippen LogP contribution in [0, 0.1) is 0 Å². The number of amides is 1. The lowest BCUT2D eigenvalue weighted by atomic mass is 10.1. The van der Waals surface area contributed by atoms with Gasteiger partial charge in [0.25, 0.3) is 5.91 Å². The molecule has 0 radical (unpaired) electrons. The minimum atomic E-state index is -2.23. The maximum absolute atomic E-state index is 14.2. The molecule has 0 N–H and O–H groups in total. The summed E-state index contributed by atoms with van der Waals surface area (Å²) in [5.41, 5.74) is 0.901. The monoisotopic (exact) mass is 436 g/mol. The summed E-state index contributed by atoms with van der Waals surface area (Å²) < 4.78 is 0. The van der Waals surface area contributed by atoms with Gasteiger partial charge >= 0.3 is 0 Å². The number of piperidine rings is 1. The summed E-state index contributed by atoms with van der Waals surface area (Å²) in [6.07, 6.45) is 1.90. The molecule has 1 amide bonds. The van der Waals surface area contributed by atoms with Crippen LogP contribution >= 0.6 is 7.26 Å². The van der Waals surface area contributed by atoms with Crippen LogP contribution in [0.25, 0.3) is 0 Å². The Morgan fingerprint density at radius 1 is 0.594 bits per heavy atom. The van der Waals surface area contributed by atoms with E-state index in [1.54, 1.807) is 0 Å². The molecule has 1 aliphatic heterocycles. The molecule has 4 aromatic rings. The molecule has 158 valence electrons. The van der Waals surface area contributed by atoms with Gasteiger partial charge in [0, 0.05) is 12.2 Å². The van der Waals surface area contributed by atoms with E-state index in [2.05, 4.69) is 91.0 Å². The fourth-order valence-corrected chi connectivity index (χ4v) is 10.00. The molecule has 0 spiro atoms. The third kappa shape index (κ3) is 3.55. The van der Waals surface area contributed by atoms with Crippen molar-refractivity contribution in [1.82, 2.24) is 0 Å². The molecule has 3 heteroatoms. The summed E-state index contributed by atoms with van der Waals surface area (Å²) in [6, 6.07) is 42.3. The summed E-state index contributed by atoms with van der Waals surface area (Å²) in [6.45, 7) is 0.776. The van der Waals surface area contributed by atoms with Crippen molar-refractivity contribution in [3.05, 3.63) is 121 Å². The molecule has 0 saturated carbocycles. The van der Waals surface area contributed by atoms with Crippen molar-refractivity contribution in [2.24, 2.45) is 0 Å². The molecule has 1 fully saturated rings. The number of carbonyl (C=O) groups excluding carboxylic acids is 1. The number of carbonyl (C=O) groups is 1. The van der Waals surface area contributed by atoms with Crippen LogP contribution in [-0.4, -0.2) is 18.1 Å². The van der Waals surface area contributed by atoms with Crippen LogP contribution in [0.2, 0.25) is 0 Å². The molecule has 1 atom stereocenters. The van der Waals surface area contributed by atoms with Crippen LogP contribution in [0.1, 0.15) is 12.8 Å². The van der Waals surface area contributed by atoms with Gasteiger partial charge in [0.1, 0.15) is 23.2 Å². The van der Waals surface area contributed by atoms with Gasteiger partial charge in [-0.1, -0.05) is 72.8 Å². The van der Waals surface area contributed by atoms with Crippen molar-refractivity contribution in [3.8, 4) is 0 Å². The second kappa shape index (κ2) is 9.10. The highest BCUT2D eigenvalue weighted by atomic mass is 31.2. The smallest absolute Gasteiger partial charge is 0.268 e. The molecule has 0 aromatic heterocycles. The van der Waals surface area contributed by atoms with Crippen molar-refractivity contribution >= 4 is 34.8 Å². The Hall–Kier alpha value is -3.22. The molecule has 4 aromatic carbocycles. The molecule has 5 rings (SSSR count). The van der Waals surface area contributed by atoms with E-state index in [4.69, 9.17) is 0 Å². The molecule has 1 unspecified atom stereocenters. The quantitative estimate of drug-likeness (QED) is 0.395. The molecule has 0 bridgehead atoms. The highest BCUT2D eigenvalue weighted by Gasteiger charge is 2.57. The molecular formula is C29H27NOP+. The van der Waals surface area contributed by atoms with Gasteiger partial charge in [0.05, 0.1) is 0 Å². The van der Waals surface area contributed by atoms with Crippen LogP contribution < -0.4 is 20.8 Å². The Morgan fingerprint density at radius 3 is 1.44 bits per heavy atom. The van der Waals surface area contributed by atoms with Gasteiger partial charge in [-0.2, -0.15) is 0 Å². The number of nitrogens with zero attached hydrogens (tertiary/aromatic N) is 1. The zero-order valence-electron chi connectivity index (χ0n) is 18.0. The average molecular weight is 437 g/mol. The molecular weight excluding hydrogens is 409 g/mol. The predicted octanol–water partition coefficient (Wildman–Crippen LogP) is 5.18. The second-order valence-electron chi connectivity index (χ2n) is 8.21. The predicted molar refractivity (Wildman–Crippen MR) is 137 cm³/mol. The molecule has 1 saturated heterocycles. The first-order chi connectivity index (χ1) is 15.8. The summed E-state index contributed by atoms with van der Waals surface area (Å²) in [7, 11) is -2.23. The minimum absolute atomic E-state index is 0.0938. The zero-order chi connectivity index (χ0) is 21.8. The van der Waals surface area contributed by atoms with E-state index >= 15 is 0 Å². The number of benzene rings is 4. The average Bonchev–Trinajstić information content (AvgIpc) is 2.88. The second-order valence-corrected chi connectivity index (χ2v) is 11.8. The topological polar surface area (TPSA) is 20.3 Å². The first kappa shape index (κ1) is 20.7. The lowest BCUT2D eigenvalue weighted by molar-refractivity contribution is -0.119. The van der Waals surface area contributed by atoms with Crippen LogP contribution in [0.4, 0.5) is 5.69 Å². The first-order valence-corrected chi connectivity index (χ1v) is 13.1. The molecule has 1 aliphatic rings. The third-order valence-corrected chi connectivity index (χ3v) is 11.2. The number of anilines is 1. The number of hydrogen-bond donors (Lipinski definition) is 0. The van der Waals surface area contributed by atoms with E-state index in [9.17, 15) is 4.79 Å². The Bertz CT molecular complexity index is 1070. The first-order valence-electron chi connectivity index (χ1n) is 11.2. The van der Waals surface area contributed by atoms with Crippen LogP contribution in [0.5, 0.6) is 0 Å². The van der Waals surface area contributed by atoms with E-state index in [0.29, 0.717) is 0 Å². The van der Waals surface area contributed by atoms with Crippen LogP contribution in [-0.2, 0) is 4.79 Å². The van der Waals surface area contributed by atoms with Gasteiger partial charge in [-0.3, -0.25) is 4.79 Å². The lowest BCUT2D eigenvalue weighted by Gasteiger charge is -2.39. The normalized spacial score (nSPS) is 16.7. The van der Waals surface area contributed by atoms with Crippen LogP contribution in [0.15, 0.2) is 121 Å². The minimum Gasteiger partial charge on any atom is -0.309 e. The van der Waals surface area contributed by atoms with Gasteiger partial charge in [-0.15, -0.1) is 0 Å². The number of para-hydroxylation sites is 1. The summed E-state index contributed by atoms with van der Waals surface area (Å²) in [4.78, 5) is 16.3. The van der Waals surface area contributed by atoms with Crippen molar-refractivity contribution in [2.75, 3.05) is 11.4 Å². The van der Waals surface area contributed by atoms with Gasteiger partial charge in [-0.05, 0) is 61.4 Å². The highest BCUT2D eigenvalue weighted by molar-refractivity contribution is 7.96. The Kier molecular flexibility index (Phi) is 5.88. The molecule has 0 aliphatic carbocycles. The van der Waals surface area contributed by atoms with Gasteiger partial charge in [-0.25, -0.2) is 0 Å². The maximum Gasteiger partial charge on any atom is 0.268 e. The van der Waals surface area contributed by atoms with Crippen molar-refractivity contribution in [1.29, 1.82) is 0 Å². The van der Waals surface area contributed by atoms with Gasteiger partial charge in [0.15, 0.2) is 5.66 Å². The van der Waals surface area contributed by atoms with Gasteiger partial charge in [0.2, 0.25) is 0 Å². The van der Waals surface area contributed by atoms with E-state index in [0.717, 1.165) is 25.1 Å². The maximum atomic E-state index is 14.2. The van der Waals surface area contributed by atoms with E-state index in [1.165, 1.54) is 15.9 Å².